The van der Waals surface area contributed by atoms with Gasteiger partial charge in [0.15, 0.2) is 0 Å². The van der Waals surface area contributed by atoms with Crippen LogP contribution in [0.2, 0.25) is 0 Å². The van der Waals surface area contributed by atoms with Crippen molar-refractivity contribution in [2.45, 2.75) is 38.1 Å². The summed E-state index contributed by atoms with van der Waals surface area (Å²) in [6.07, 6.45) is 3.39. The van der Waals surface area contributed by atoms with E-state index >= 15 is 0 Å². The maximum atomic E-state index is 10.5. The molecular weight excluding hydrogens is 230 g/mol. The van der Waals surface area contributed by atoms with Crippen LogP contribution in [0.25, 0.3) is 0 Å². The molecule has 4 heteroatoms. The Morgan fingerprint density at radius 1 is 1.50 bits per heavy atom. The lowest BCUT2D eigenvalue weighted by Crippen LogP contribution is -2.19. The van der Waals surface area contributed by atoms with Gasteiger partial charge in [0.1, 0.15) is 5.75 Å². The highest BCUT2D eigenvalue weighted by atomic mass is 16.5. The molecule has 0 amide bonds. The number of methoxy groups -OCH3 is 1. The average molecular weight is 249 g/mol. The summed E-state index contributed by atoms with van der Waals surface area (Å²) in [6, 6.07) is 4.34. The third-order valence-electron chi connectivity index (χ3n) is 3.39. The smallest absolute Gasteiger partial charge is 0.303 e. The lowest BCUT2D eigenvalue weighted by Gasteiger charge is -2.10. The van der Waals surface area contributed by atoms with Crippen molar-refractivity contribution >= 4 is 5.97 Å². The molecule has 0 aromatic heterocycles. The summed E-state index contributed by atoms with van der Waals surface area (Å²) in [5.41, 5.74) is 9.58. The van der Waals surface area contributed by atoms with Crippen LogP contribution in [0.1, 0.15) is 29.5 Å². The number of carboxylic acids is 1. The highest BCUT2D eigenvalue weighted by Crippen LogP contribution is 2.32. The Morgan fingerprint density at radius 2 is 2.28 bits per heavy atom. The molecule has 4 nitrogen and oxygen atoms in total. The molecule has 0 spiro atoms. The molecule has 0 heterocycles. The summed E-state index contributed by atoms with van der Waals surface area (Å²) in [7, 11) is 1.67. The van der Waals surface area contributed by atoms with Crippen molar-refractivity contribution in [2.24, 2.45) is 5.73 Å². The number of aryl methyl sites for hydroxylation is 1. The van der Waals surface area contributed by atoms with Crippen molar-refractivity contribution in [3.63, 3.8) is 0 Å². The number of ether oxygens (including phenoxy) is 1. The van der Waals surface area contributed by atoms with E-state index in [2.05, 4.69) is 6.07 Å². The molecule has 3 N–H and O–H groups in total. The van der Waals surface area contributed by atoms with Crippen LogP contribution in [0.4, 0.5) is 0 Å². The minimum Gasteiger partial charge on any atom is -0.496 e. The molecule has 1 unspecified atom stereocenters. The summed E-state index contributed by atoms with van der Waals surface area (Å²) in [6.45, 7) is 0. The van der Waals surface area contributed by atoms with Crippen LogP contribution in [0.3, 0.4) is 0 Å². The van der Waals surface area contributed by atoms with Gasteiger partial charge in [0.2, 0.25) is 0 Å². The molecule has 1 aromatic carbocycles. The summed E-state index contributed by atoms with van der Waals surface area (Å²) >= 11 is 0. The van der Waals surface area contributed by atoms with Gasteiger partial charge in [0.25, 0.3) is 0 Å². The zero-order valence-corrected chi connectivity index (χ0v) is 10.6. The lowest BCUT2D eigenvalue weighted by atomic mass is 10.0. The molecule has 0 saturated heterocycles. The van der Waals surface area contributed by atoms with Crippen molar-refractivity contribution in [1.29, 1.82) is 0 Å². The Hall–Kier alpha value is -1.55. The quantitative estimate of drug-likeness (QED) is 0.830. The number of carboxylic acid groups (broad SMARTS) is 1. The maximum absolute atomic E-state index is 10.5. The predicted molar refractivity (Wildman–Crippen MR) is 69.0 cm³/mol. The monoisotopic (exact) mass is 249 g/mol. The first-order valence-electron chi connectivity index (χ1n) is 6.26. The SMILES string of the molecule is COc1cc(CCCC(=O)O)cc2c1CC(N)C2. The van der Waals surface area contributed by atoms with E-state index in [4.69, 9.17) is 15.6 Å². The fourth-order valence-electron chi connectivity index (χ4n) is 2.57. The molecule has 0 saturated carbocycles. The van der Waals surface area contributed by atoms with Gasteiger partial charge in [-0.05, 0) is 48.4 Å². The van der Waals surface area contributed by atoms with Crippen LogP contribution in [-0.2, 0) is 24.1 Å². The van der Waals surface area contributed by atoms with Gasteiger partial charge in [-0.25, -0.2) is 0 Å². The summed E-state index contributed by atoms with van der Waals surface area (Å²) in [5, 5.41) is 8.64. The first kappa shape index (κ1) is 12.9. The molecule has 1 aromatic rings. The highest BCUT2D eigenvalue weighted by Gasteiger charge is 2.22. The Bertz CT molecular complexity index is 457. The maximum Gasteiger partial charge on any atom is 0.303 e. The normalized spacial score (nSPS) is 17.6. The Balaban J connectivity index is 2.13. The Morgan fingerprint density at radius 3 is 2.94 bits per heavy atom. The minimum atomic E-state index is -0.745. The second kappa shape index (κ2) is 5.40. The van der Waals surface area contributed by atoms with Crippen molar-refractivity contribution in [3.8, 4) is 5.75 Å². The van der Waals surface area contributed by atoms with E-state index in [9.17, 15) is 4.79 Å². The molecule has 0 fully saturated rings. The van der Waals surface area contributed by atoms with E-state index in [-0.39, 0.29) is 12.5 Å². The standard InChI is InChI=1S/C14H19NO3/c1-18-13-6-9(3-2-4-14(16)17)5-10-7-11(15)8-12(10)13/h5-6,11H,2-4,7-8,15H2,1H3,(H,16,17). The number of carbonyl (C=O) groups is 1. The van der Waals surface area contributed by atoms with Gasteiger partial charge >= 0.3 is 5.97 Å². The van der Waals surface area contributed by atoms with E-state index in [1.54, 1.807) is 7.11 Å². The largest absolute Gasteiger partial charge is 0.496 e. The summed E-state index contributed by atoms with van der Waals surface area (Å²) in [5.74, 6) is 0.149. The third kappa shape index (κ3) is 2.82. The number of aliphatic carboxylic acids is 1. The Labute approximate surface area is 107 Å². The van der Waals surface area contributed by atoms with Gasteiger partial charge in [-0.2, -0.15) is 0 Å². The lowest BCUT2D eigenvalue weighted by molar-refractivity contribution is -0.137. The topological polar surface area (TPSA) is 72.5 Å². The zero-order valence-electron chi connectivity index (χ0n) is 10.6. The molecule has 2 rings (SSSR count). The van der Waals surface area contributed by atoms with Gasteiger partial charge in [-0.1, -0.05) is 6.07 Å². The molecule has 1 atom stereocenters. The second-order valence-electron chi connectivity index (χ2n) is 4.85. The molecular formula is C14H19NO3. The first-order chi connectivity index (χ1) is 8.60. The number of hydrogen-bond acceptors (Lipinski definition) is 3. The fraction of sp³-hybridized carbons (Fsp3) is 0.500. The molecule has 0 bridgehead atoms. The van der Waals surface area contributed by atoms with E-state index in [0.717, 1.165) is 30.6 Å². The molecule has 0 aliphatic heterocycles. The van der Waals surface area contributed by atoms with E-state index < -0.39 is 5.97 Å². The third-order valence-corrected chi connectivity index (χ3v) is 3.39. The molecule has 98 valence electrons. The van der Waals surface area contributed by atoms with Gasteiger partial charge in [-0.15, -0.1) is 0 Å². The number of nitrogens with two attached hydrogens (primary N) is 1. The van der Waals surface area contributed by atoms with Gasteiger partial charge in [-0.3, -0.25) is 4.79 Å². The summed E-state index contributed by atoms with van der Waals surface area (Å²) < 4.78 is 5.40. The zero-order chi connectivity index (χ0) is 13.1. The van der Waals surface area contributed by atoms with Crippen molar-refractivity contribution in [3.05, 3.63) is 28.8 Å². The van der Waals surface area contributed by atoms with Gasteiger partial charge in [0.05, 0.1) is 7.11 Å². The number of benzene rings is 1. The van der Waals surface area contributed by atoms with E-state index in [1.807, 2.05) is 6.07 Å². The van der Waals surface area contributed by atoms with Gasteiger partial charge < -0.3 is 15.6 Å². The number of hydrogen-bond donors (Lipinski definition) is 2. The number of rotatable bonds is 5. The van der Waals surface area contributed by atoms with Crippen molar-refractivity contribution < 1.29 is 14.6 Å². The molecule has 18 heavy (non-hydrogen) atoms. The second-order valence-corrected chi connectivity index (χ2v) is 4.85. The first-order valence-corrected chi connectivity index (χ1v) is 6.26. The van der Waals surface area contributed by atoms with Crippen LogP contribution in [0, 0.1) is 0 Å². The van der Waals surface area contributed by atoms with Crippen molar-refractivity contribution in [2.75, 3.05) is 7.11 Å². The van der Waals surface area contributed by atoms with Crippen LogP contribution in [-0.4, -0.2) is 24.2 Å². The molecule has 1 aliphatic rings. The van der Waals surface area contributed by atoms with Gasteiger partial charge in [0, 0.05) is 12.5 Å². The average Bonchev–Trinajstić information content (AvgIpc) is 2.67. The summed E-state index contributed by atoms with van der Waals surface area (Å²) in [4.78, 5) is 10.5. The van der Waals surface area contributed by atoms with Crippen molar-refractivity contribution in [1.82, 2.24) is 0 Å². The highest BCUT2D eigenvalue weighted by molar-refractivity contribution is 5.66. The van der Waals surface area contributed by atoms with Crippen LogP contribution in [0.15, 0.2) is 12.1 Å². The van der Waals surface area contributed by atoms with E-state index in [1.165, 1.54) is 11.1 Å². The number of fused-ring (bicyclic) bond motifs is 1. The molecule has 0 radical (unpaired) electrons. The predicted octanol–water partition coefficient (Wildman–Crippen LogP) is 1.53. The van der Waals surface area contributed by atoms with Crippen LogP contribution < -0.4 is 10.5 Å². The Kier molecular flexibility index (Phi) is 3.87. The minimum absolute atomic E-state index is 0.183. The fourth-order valence-corrected chi connectivity index (χ4v) is 2.57. The van der Waals surface area contributed by atoms with E-state index in [0.29, 0.717) is 6.42 Å². The van der Waals surface area contributed by atoms with Crippen LogP contribution in [0.5, 0.6) is 5.75 Å². The molecule has 1 aliphatic carbocycles. The van der Waals surface area contributed by atoms with Crippen LogP contribution >= 0.6 is 0 Å².